The largest absolute Gasteiger partial charge is 0.433 e. The highest BCUT2D eigenvalue weighted by Gasteiger charge is 2.45. The van der Waals surface area contributed by atoms with Crippen LogP contribution in [-0.4, -0.2) is 98.3 Å². The molecule has 42 heavy (non-hydrogen) atoms. The van der Waals surface area contributed by atoms with E-state index in [4.69, 9.17) is 21.1 Å². The first-order valence-electron chi connectivity index (χ1n) is 14.2. The van der Waals surface area contributed by atoms with Gasteiger partial charge in [0.15, 0.2) is 0 Å². The molecule has 2 aliphatic heterocycles. The van der Waals surface area contributed by atoms with E-state index in [0.29, 0.717) is 45.1 Å². The van der Waals surface area contributed by atoms with Crippen LogP contribution in [0.4, 0.5) is 0 Å². The van der Waals surface area contributed by atoms with Gasteiger partial charge in [-0.15, -0.1) is 11.3 Å². The van der Waals surface area contributed by atoms with Crippen molar-refractivity contribution < 1.29 is 44.6 Å². The maximum Gasteiger partial charge on any atom is 0.308 e. The number of esters is 1. The first-order valence-corrected chi connectivity index (χ1v) is 15.4. The van der Waals surface area contributed by atoms with Crippen LogP contribution in [-0.2, 0) is 25.5 Å². The monoisotopic (exact) mass is 623 g/mol. The summed E-state index contributed by atoms with van der Waals surface area (Å²) in [5.41, 5.74) is 0. The number of aryl methyl sites for hydroxylation is 1. The van der Waals surface area contributed by atoms with Crippen molar-refractivity contribution >= 4 is 44.9 Å². The summed E-state index contributed by atoms with van der Waals surface area (Å²) in [6, 6.07) is 7.87. The number of allylic oxidation sites excluding steroid dienone is 1. The molecule has 2 aromatic rings. The molecule has 1 aromatic heterocycles. The lowest BCUT2D eigenvalue weighted by molar-refractivity contribution is -0.292. The first kappa shape index (κ1) is 32.6. The van der Waals surface area contributed by atoms with Gasteiger partial charge in [0.05, 0.1) is 23.8 Å². The van der Waals surface area contributed by atoms with Crippen molar-refractivity contribution in [3.8, 4) is 0 Å². The van der Waals surface area contributed by atoms with Gasteiger partial charge in [0, 0.05) is 34.3 Å². The molecule has 0 aliphatic carbocycles. The average molecular weight is 624 g/mol. The van der Waals surface area contributed by atoms with Gasteiger partial charge in [0.1, 0.15) is 24.4 Å². The van der Waals surface area contributed by atoms with E-state index in [1.807, 2.05) is 42.5 Å². The quantitative estimate of drug-likeness (QED) is 0.128. The first-order chi connectivity index (χ1) is 20.2. The number of benzene rings is 1. The van der Waals surface area contributed by atoms with Crippen molar-refractivity contribution in [3.63, 3.8) is 0 Å². The third kappa shape index (κ3) is 8.18. The minimum absolute atomic E-state index is 0.0258. The molecule has 7 atom stereocenters. The molecule has 2 saturated heterocycles. The number of rotatable bonds is 13. The van der Waals surface area contributed by atoms with Gasteiger partial charge in [-0.25, -0.2) is 0 Å². The Morgan fingerprint density at radius 2 is 1.98 bits per heavy atom. The normalized spacial score (nSPS) is 27.5. The van der Waals surface area contributed by atoms with Crippen molar-refractivity contribution in [1.29, 1.82) is 0 Å². The van der Waals surface area contributed by atoms with E-state index in [1.54, 1.807) is 22.3 Å². The Bertz CT molecular complexity index is 1260. The highest BCUT2D eigenvalue weighted by Crippen LogP contribution is 2.36. The molecule has 2 unspecified atom stereocenters. The number of hydrogen-bond donors (Lipinski definition) is 5. The van der Waals surface area contributed by atoms with Crippen molar-refractivity contribution in [2.24, 2.45) is 0 Å². The van der Waals surface area contributed by atoms with E-state index in [1.165, 1.54) is 0 Å². The number of aliphatic hydroxyl groups excluding tert-OH is 5. The molecule has 0 bridgehead atoms. The van der Waals surface area contributed by atoms with Crippen molar-refractivity contribution in [1.82, 2.24) is 4.90 Å². The van der Waals surface area contributed by atoms with Crippen molar-refractivity contribution in [2.75, 3.05) is 13.2 Å². The number of carbonyl (C=O) groups is 2. The van der Waals surface area contributed by atoms with E-state index < -0.39 is 49.4 Å². The zero-order valence-electron chi connectivity index (χ0n) is 23.1. The molecule has 230 valence electrons. The summed E-state index contributed by atoms with van der Waals surface area (Å²) in [7, 11) is 0. The number of carbonyl (C=O) groups excluding carboxylic acids is 2. The SMILES string of the molecule is O=C(CCC/C=C\CN1C(=O)CC[C@@H]1/C=C/C(O)CCc1sc2ccccc2c1Cl)OC1O[C@H](CO)[C@@H](O)[C@H](O)[C@H]1O. The Morgan fingerprint density at radius 1 is 1.19 bits per heavy atom. The van der Waals surface area contributed by atoms with Gasteiger partial charge in [0.2, 0.25) is 12.2 Å². The Balaban J connectivity index is 1.16. The molecule has 1 amide bonds. The number of aliphatic hydroxyl groups is 5. The standard InChI is InChI=1S/C30H38ClNO9S/c31-26-20-7-4-5-8-22(20)42-23(26)14-13-19(34)12-10-18-11-15-24(35)32(18)16-6-2-1-3-9-25(36)41-30-29(39)28(38)27(37)21(17-33)40-30/h2,4-8,10,12,18-19,21,27-30,33-34,37-39H,1,3,9,11,13-17H2/b6-2-,12-10+/t18-,19?,21+,27+,28-,29+,30?/m0/s1. The number of fused-ring (bicyclic) bond motifs is 1. The smallest absolute Gasteiger partial charge is 0.308 e. The molecule has 0 saturated carbocycles. The number of nitrogens with zero attached hydrogens (tertiary/aromatic N) is 1. The molecule has 5 N–H and O–H groups in total. The molecule has 2 aliphatic rings. The van der Waals surface area contributed by atoms with Gasteiger partial charge >= 0.3 is 5.97 Å². The van der Waals surface area contributed by atoms with Crippen LogP contribution in [0.5, 0.6) is 0 Å². The lowest BCUT2D eigenvalue weighted by atomic mass is 9.99. The van der Waals surface area contributed by atoms with Crippen LogP contribution >= 0.6 is 22.9 Å². The fourth-order valence-corrected chi connectivity index (χ4v) is 6.62. The zero-order chi connectivity index (χ0) is 30.2. The number of hydrogen-bond acceptors (Lipinski definition) is 10. The van der Waals surface area contributed by atoms with Crippen LogP contribution in [0, 0.1) is 0 Å². The summed E-state index contributed by atoms with van der Waals surface area (Å²) >= 11 is 8.16. The van der Waals surface area contributed by atoms with Gasteiger partial charge in [-0.05, 0) is 38.2 Å². The second-order valence-corrected chi connectivity index (χ2v) is 12.0. The molecule has 12 heteroatoms. The molecule has 0 radical (unpaired) electrons. The third-order valence-electron chi connectivity index (χ3n) is 7.52. The van der Waals surface area contributed by atoms with Crippen LogP contribution in [0.2, 0.25) is 5.02 Å². The van der Waals surface area contributed by atoms with E-state index in [9.17, 15) is 35.1 Å². The van der Waals surface area contributed by atoms with Crippen LogP contribution in [0.15, 0.2) is 48.6 Å². The summed E-state index contributed by atoms with van der Waals surface area (Å²) in [5, 5.41) is 51.1. The Morgan fingerprint density at radius 3 is 2.74 bits per heavy atom. The number of ether oxygens (including phenoxy) is 2. The molecule has 4 rings (SSSR count). The van der Waals surface area contributed by atoms with Gasteiger partial charge < -0.3 is 39.9 Å². The van der Waals surface area contributed by atoms with Gasteiger partial charge in [-0.2, -0.15) is 0 Å². The number of halogens is 1. The van der Waals surface area contributed by atoms with Crippen LogP contribution in [0.25, 0.3) is 10.1 Å². The third-order valence-corrected chi connectivity index (χ3v) is 9.29. The topological polar surface area (TPSA) is 157 Å². The Hall–Kier alpha value is -2.35. The fraction of sp³-hybridized carbons (Fsp3) is 0.533. The fourth-order valence-electron chi connectivity index (χ4n) is 5.07. The zero-order valence-corrected chi connectivity index (χ0v) is 24.7. The summed E-state index contributed by atoms with van der Waals surface area (Å²) < 4.78 is 11.4. The highest BCUT2D eigenvalue weighted by atomic mass is 35.5. The lowest BCUT2D eigenvalue weighted by Crippen LogP contribution is -2.59. The van der Waals surface area contributed by atoms with Crippen molar-refractivity contribution in [3.05, 3.63) is 58.5 Å². The number of likely N-dealkylation sites (tertiary alicyclic amines) is 1. The van der Waals surface area contributed by atoms with Crippen LogP contribution in [0.1, 0.15) is 43.4 Å². The molecule has 10 nitrogen and oxygen atoms in total. The van der Waals surface area contributed by atoms with Gasteiger partial charge in [0.25, 0.3) is 0 Å². The second kappa shape index (κ2) is 15.4. The number of unbranched alkanes of at least 4 members (excludes halogenated alkanes) is 1. The van der Waals surface area contributed by atoms with E-state index >= 15 is 0 Å². The van der Waals surface area contributed by atoms with Crippen LogP contribution in [0.3, 0.4) is 0 Å². The number of amides is 1. The Kier molecular flexibility index (Phi) is 11.9. The summed E-state index contributed by atoms with van der Waals surface area (Å²) in [5.74, 6) is -0.607. The molecular formula is C30H38ClNO9S. The van der Waals surface area contributed by atoms with Gasteiger partial charge in [-0.3, -0.25) is 9.59 Å². The summed E-state index contributed by atoms with van der Waals surface area (Å²) in [6.45, 7) is -0.195. The summed E-state index contributed by atoms with van der Waals surface area (Å²) in [4.78, 5) is 27.4. The average Bonchev–Trinajstić information content (AvgIpc) is 3.50. The maximum atomic E-state index is 12.4. The van der Waals surface area contributed by atoms with E-state index in [0.717, 1.165) is 20.0 Å². The van der Waals surface area contributed by atoms with E-state index in [-0.39, 0.29) is 18.4 Å². The molecule has 0 spiro atoms. The lowest BCUT2D eigenvalue weighted by Gasteiger charge is -2.39. The molecule has 1 aromatic carbocycles. The molecule has 2 fully saturated rings. The highest BCUT2D eigenvalue weighted by molar-refractivity contribution is 7.19. The second-order valence-electron chi connectivity index (χ2n) is 10.5. The summed E-state index contributed by atoms with van der Waals surface area (Å²) in [6.07, 6.45) is 2.67. The molecule has 3 heterocycles. The van der Waals surface area contributed by atoms with E-state index in [2.05, 4.69) is 0 Å². The van der Waals surface area contributed by atoms with Gasteiger partial charge in [-0.1, -0.05) is 54.1 Å². The minimum Gasteiger partial charge on any atom is -0.433 e. The Labute approximate surface area is 253 Å². The minimum atomic E-state index is -1.63. The van der Waals surface area contributed by atoms with Crippen LogP contribution < -0.4 is 0 Å². The predicted octanol–water partition coefficient (Wildman–Crippen LogP) is 2.47. The van der Waals surface area contributed by atoms with Crippen molar-refractivity contribution in [2.45, 2.75) is 87.8 Å². The predicted molar refractivity (Wildman–Crippen MR) is 158 cm³/mol. The number of thiophene rings is 1. The molecular weight excluding hydrogens is 586 g/mol. The maximum absolute atomic E-state index is 12.4.